The van der Waals surface area contributed by atoms with E-state index in [-0.39, 0.29) is 5.82 Å². The van der Waals surface area contributed by atoms with Gasteiger partial charge in [-0.15, -0.1) is 0 Å². The molecule has 0 aliphatic carbocycles. The molecule has 2 heterocycles. The third kappa shape index (κ3) is 2.90. The van der Waals surface area contributed by atoms with Crippen LogP contribution in [0.1, 0.15) is 30.5 Å². The van der Waals surface area contributed by atoms with Crippen LogP contribution in [0, 0.1) is 5.82 Å². The minimum atomic E-state index is -0.210. The first-order valence-electron chi connectivity index (χ1n) is 7.33. The first-order chi connectivity index (χ1) is 10.1. The minimum absolute atomic E-state index is 0.210. The van der Waals surface area contributed by atoms with Gasteiger partial charge in [-0.05, 0) is 17.2 Å². The fourth-order valence-corrected chi connectivity index (χ4v) is 2.63. The monoisotopic (exact) mass is 285 g/mol. The Bertz CT molecular complexity index is 615. The molecule has 0 fully saturated rings. The van der Waals surface area contributed by atoms with Gasteiger partial charge in [-0.3, -0.25) is 0 Å². The van der Waals surface area contributed by atoms with Crippen molar-refractivity contribution in [2.45, 2.75) is 39.5 Å². The van der Waals surface area contributed by atoms with Crippen LogP contribution in [0.4, 0.5) is 10.2 Å². The van der Waals surface area contributed by atoms with Gasteiger partial charge in [-0.2, -0.15) is 0 Å². The van der Waals surface area contributed by atoms with Gasteiger partial charge in [0.15, 0.2) is 11.6 Å². The molecule has 4 heteroatoms. The summed E-state index contributed by atoms with van der Waals surface area (Å²) in [6.07, 6.45) is 1.69. The topological polar surface area (TPSA) is 28.2 Å². The molecule has 0 unspecified atom stereocenters. The number of hydrogen-bond donors (Lipinski definition) is 1. The van der Waals surface area contributed by atoms with Crippen LogP contribution in [0.2, 0.25) is 0 Å². The zero-order valence-corrected chi connectivity index (χ0v) is 12.4. The molecule has 1 aromatic carbocycles. The van der Waals surface area contributed by atoms with Crippen molar-refractivity contribution >= 4 is 5.82 Å². The quantitative estimate of drug-likeness (QED) is 0.934. The average Bonchev–Trinajstić information content (AvgIpc) is 2.89. The average molecular weight is 285 g/mol. The predicted molar refractivity (Wildman–Crippen MR) is 82.5 cm³/mol. The number of anilines is 1. The Morgan fingerprint density at radius 1 is 1.19 bits per heavy atom. The van der Waals surface area contributed by atoms with Crippen LogP contribution in [0.15, 0.2) is 36.5 Å². The molecule has 0 radical (unpaired) electrons. The van der Waals surface area contributed by atoms with E-state index in [4.69, 9.17) is 0 Å². The number of halogens is 1. The summed E-state index contributed by atoms with van der Waals surface area (Å²) in [4.78, 5) is 6.25. The van der Waals surface area contributed by atoms with Crippen molar-refractivity contribution in [3.8, 4) is 0 Å². The predicted octanol–water partition coefficient (Wildman–Crippen LogP) is 3.24. The van der Waals surface area contributed by atoms with E-state index in [9.17, 15) is 4.39 Å². The van der Waals surface area contributed by atoms with Crippen molar-refractivity contribution in [2.75, 3.05) is 4.90 Å². The van der Waals surface area contributed by atoms with Gasteiger partial charge in [-0.1, -0.05) is 38.1 Å². The van der Waals surface area contributed by atoms with Crippen LogP contribution >= 0.6 is 0 Å². The highest BCUT2D eigenvalue weighted by Gasteiger charge is 2.23. The molecule has 1 aromatic heterocycles. The number of nitrogens with zero attached hydrogens (tertiary/aromatic N) is 2. The summed E-state index contributed by atoms with van der Waals surface area (Å²) in [5.74, 6) is 0.243. The van der Waals surface area contributed by atoms with Crippen molar-refractivity contribution in [2.24, 2.45) is 0 Å². The molecule has 110 valence electrons. The van der Waals surface area contributed by atoms with Gasteiger partial charge >= 0.3 is 0 Å². The fraction of sp³-hybridized carbons (Fsp3) is 0.353. The van der Waals surface area contributed by atoms with Crippen molar-refractivity contribution in [3.05, 3.63) is 59.0 Å². The zero-order valence-electron chi connectivity index (χ0n) is 12.4. The van der Waals surface area contributed by atoms with Crippen LogP contribution < -0.4 is 10.2 Å². The lowest BCUT2D eigenvalue weighted by Gasteiger charge is -2.19. The second kappa shape index (κ2) is 5.82. The highest BCUT2D eigenvalue weighted by atomic mass is 19.1. The normalized spacial score (nSPS) is 13.8. The number of rotatable bonds is 4. The van der Waals surface area contributed by atoms with E-state index in [0.29, 0.717) is 24.0 Å². The largest absolute Gasteiger partial charge is 0.345 e. The summed E-state index contributed by atoms with van der Waals surface area (Å²) in [6.45, 7) is 6.08. The molecule has 1 aliphatic heterocycles. The highest BCUT2D eigenvalue weighted by molar-refractivity contribution is 5.49. The molecule has 0 atom stereocenters. The van der Waals surface area contributed by atoms with Crippen LogP contribution in [0.3, 0.4) is 0 Å². The zero-order chi connectivity index (χ0) is 14.8. The Kier molecular flexibility index (Phi) is 3.88. The Balaban J connectivity index is 1.82. The van der Waals surface area contributed by atoms with Gasteiger partial charge < -0.3 is 10.2 Å². The Labute approximate surface area is 124 Å². The Morgan fingerprint density at radius 3 is 2.48 bits per heavy atom. The molecule has 3 rings (SSSR count). The van der Waals surface area contributed by atoms with Crippen molar-refractivity contribution < 1.29 is 4.39 Å². The summed E-state index contributed by atoms with van der Waals surface area (Å²) in [6, 6.07) is 10.3. The number of benzene rings is 1. The van der Waals surface area contributed by atoms with Gasteiger partial charge in [0.1, 0.15) is 0 Å². The maximum absolute atomic E-state index is 14.7. The van der Waals surface area contributed by atoms with E-state index >= 15 is 0 Å². The third-order valence-corrected chi connectivity index (χ3v) is 3.79. The van der Waals surface area contributed by atoms with E-state index in [1.54, 1.807) is 12.3 Å². The molecule has 2 aromatic rings. The van der Waals surface area contributed by atoms with E-state index in [2.05, 4.69) is 36.3 Å². The van der Waals surface area contributed by atoms with E-state index in [1.807, 2.05) is 17.0 Å². The van der Waals surface area contributed by atoms with Crippen LogP contribution in [0.25, 0.3) is 0 Å². The van der Waals surface area contributed by atoms with Crippen molar-refractivity contribution in [3.63, 3.8) is 0 Å². The first-order valence-corrected chi connectivity index (χ1v) is 7.33. The number of aromatic nitrogens is 1. The van der Waals surface area contributed by atoms with Gasteiger partial charge in [0.05, 0.1) is 0 Å². The van der Waals surface area contributed by atoms with Crippen LogP contribution in [-0.4, -0.2) is 11.0 Å². The van der Waals surface area contributed by atoms with Gasteiger partial charge in [-0.25, -0.2) is 9.37 Å². The molecule has 21 heavy (non-hydrogen) atoms. The first kappa shape index (κ1) is 14.0. The second-order valence-electron chi connectivity index (χ2n) is 5.77. The van der Waals surface area contributed by atoms with Gasteiger partial charge in [0.25, 0.3) is 0 Å². The fourth-order valence-electron chi connectivity index (χ4n) is 2.63. The minimum Gasteiger partial charge on any atom is -0.345 e. The number of hydrogen-bond acceptors (Lipinski definition) is 3. The maximum Gasteiger partial charge on any atom is 0.170 e. The molecule has 3 nitrogen and oxygen atoms in total. The molecule has 1 aliphatic rings. The van der Waals surface area contributed by atoms with Gasteiger partial charge in [0.2, 0.25) is 0 Å². The van der Waals surface area contributed by atoms with Crippen molar-refractivity contribution in [1.82, 2.24) is 10.3 Å². The standard InChI is InChI=1S/C17H20FN3/c1-12(2)20-9-13-7-8-19-17(16(13)18)21-10-14-5-3-4-6-15(14)11-21/h3-8,12,20H,9-11H2,1-2H3. The lowest BCUT2D eigenvalue weighted by Crippen LogP contribution is -2.24. The second-order valence-corrected chi connectivity index (χ2v) is 5.77. The molecule has 1 N–H and O–H groups in total. The molecular formula is C17H20FN3. The Hall–Kier alpha value is -1.94. The maximum atomic E-state index is 14.7. The van der Waals surface area contributed by atoms with Crippen LogP contribution in [0.5, 0.6) is 0 Å². The number of pyridine rings is 1. The van der Waals surface area contributed by atoms with E-state index in [0.717, 1.165) is 13.1 Å². The Morgan fingerprint density at radius 2 is 1.86 bits per heavy atom. The number of fused-ring (bicyclic) bond motifs is 1. The van der Waals surface area contributed by atoms with Crippen molar-refractivity contribution in [1.29, 1.82) is 0 Å². The van der Waals surface area contributed by atoms with Gasteiger partial charge in [0, 0.05) is 37.4 Å². The van der Waals surface area contributed by atoms with Crippen LogP contribution in [-0.2, 0) is 19.6 Å². The molecule has 0 amide bonds. The molecule has 0 saturated heterocycles. The lowest BCUT2D eigenvalue weighted by atomic mass is 10.1. The third-order valence-electron chi connectivity index (χ3n) is 3.79. The SMILES string of the molecule is CC(C)NCc1ccnc(N2Cc3ccccc3C2)c1F. The molecular weight excluding hydrogens is 265 g/mol. The summed E-state index contributed by atoms with van der Waals surface area (Å²) < 4.78 is 14.7. The van der Waals surface area contributed by atoms with E-state index < -0.39 is 0 Å². The highest BCUT2D eigenvalue weighted by Crippen LogP contribution is 2.29. The smallest absolute Gasteiger partial charge is 0.170 e. The summed E-state index contributed by atoms with van der Waals surface area (Å²) in [5.41, 5.74) is 3.18. The summed E-state index contributed by atoms with van der Waals surface area (Å²) >= 11 is 0. The molecule has 0 bridgehead atoms. The number of nitrogens with one attached hydrogen (secondary N) is 1. The lowest BCUT2D eigenvalue weighted by molar-refractivity contribution is 0.547. The molecule has 0 spiro atoms. The van der Waals surface area contributed by atoms with E-state index in [1.165, 1.54) is 11.1 Å². The summed E-state index contributed by atoms with van der Waals surface area (Å²) in [7, 11) is 0. The molecule has 0 saturated carbocycles. The summed E-state index contributed by atoms with van der Waals surface area (Å²) in [5, 5.41) is 3.25.